The van der Waals surface area contributed by atoms with E-state index in [0.717, 1.165) is 38.5 Å². The van der Waals surface area contributed by atoms with E-state index in [1.165, 1.54) is 347 Å². The van der Waals surface area contributed by atoms with Crippen molar-refractivity contribution in [3.63, 3.8) is 0 Å². The lowest BCUT2D eigenvalue weighted by molar-refractivity contribution is -0.143. The standard InChI is InChI=1S/C74H143NO5/c1-3-5-7-9-11-13-15-17-39-44-48-52-56-60-64-68-74(79)80-69-65-61-57-53-49-45-41-38-36-34-32-30-28-26-24-22-20-18-19-21-23-25-27-29-31-33-35-37-40-43-47-51-55-59-63-67-73(78)75-71(70-76)72(77)66-62-58-54-50-46-42-16-14-12-10-8-6-4-2/h20,22,62,66,71-72,76-77H,3-19,21,23-61,63-65,67-70H2,1-2H3,(H,75,78)/b22-20-,66-62+. The first-order chi connectivity index (χ1) is 39.5. The summed E-state index contributed by atoms with van der Waals surface area (Å²) in [4.78, 5) is 24.5. The van der Waals surface area contributed by atoms with E-state index in [4.69, 9.17) is 4.74 Å². The third-order valence-corrected chi connectivity index (χ3v) is 17.2. The number of esters is 1. The Morgan fingerprint density at radius 3 is 0.887 bits per heavy atom. The van der Waals surface area contributed by atoms with Crippen LogP contribution in [-0.4, -0.2) is 47.4 Å². The smallest absolute Gasteiger partial charge is 0.305 e. The lowest BCUT2D eigenvalue weighted by atomic mass is 10.0. The zero-order valence-electron chi connectivity index (χ0n) is 54.3. The summed E-state index contributed by atoms with van der Waals surface area (Å²) < 4.78 is 5.50. The van der Waals surface area contributed by atoms with Gasteiger partial charge in [0.25, 0.3) is 0 Å². The SMILES string of the molecule is CCCCCCCCCCCCC/C=C/C(O)C(CO)NC(=O)CCCCCCCCCCCCCCCCCCC/C=C\CCCCCCCCCCCCCCCCOC(=O)CCCCCCCCCCCCCCCCC. The number of nitrogens with one attached hydrogen (secondary N) is 1. The molecule has 0 heterocycles. The lowest BCUT2D eigenvalue weighted by Gasteiger charge is -2.20. The Balaban J connectivity index is 3.33. The number of amides is 1. The molecule has 0 bridgehead atoms. The fourth-order valence-corrected chi connectivity index (χ4v) is 11.6. The topological polar surface area (TPSA) is 95.9 Å². The maximum Gasteiger partial charge on any atom is 0.305 e. The average molecular weight is 1130 g/mol. The van der Waals surface area contributed by atoms with Crippen molar-refractivity contribution in [3.05, 3.63) is 24.3 Å². The second kappa shape index (κ2) is 69.8. The van der Waals surface area contributed by atoms with E-state index >= 15 is 0 Å². The highest BCUT2D eigenvalue weighted by atomic mass is 16.5. The minimum absolute atomic E-state index is 0.0235. The molecule has 0 spiro atoms. The van der Waals surface area contributed by atoms with Crippen LogP contribution in [0.25, 0.3) is 0 Å². The van der Waals surface area contributed by atoms with Crippen LogP contribution in [0.2, 0.25) is 0 Å². The van der Waals surface area contributed by atoms with Crippen LogP contribution in [0.15, 0.2) is 24.3 Å². The largest absolute Gasteiger partial charge is 0.466 e. The zero-order chi connectivity index (χ0) is 57.8. The van der Waals surface area contributed by atoms with E-state index in [1.54, 1.807) is 6.08 Å². The van der Waals surface area contributed by atoms with Crippen molar-refractivity contribution in [2.45, 2.75) is 424 Å². The van der Waals surface area contributed by atoms with Crippen molar-refractivity contribution in [1.29, 1.82) is 0 Å². The van der Waals surface area contributed by atoms with Crippen LogP contribution in [0.1, 0.15) is 412 Å². The van der Waals surface area contributed by atoms with E-state index in [2.05, 4.69) is 31.3 Å². The molecule has 0 fully saturated rings. The average Bonchev–Trinajstić information content (AvgIpc) is 3.46. The molecule has 2 atom stereocenters. The minimum Gasteiger partial charge on any atom is -0.466 e. The van der Waals surface area contributed by atoms with Gasteiger partial charge >= 0.3 is 5.97 Å². The van der Waals surface area contributed by atoms with Gasteiger partial charge in [-0.2, -0.15) is 0 Å². The van der Waals surface area contributed by atoms with E-state index in [1.807, 2.05) is 6.08 Å². The van der Waals surface area contributed by atoms with E-state index in [0.29, 0.717) is 19.4 Å². The monoisotopic (exact) mass is 1130 g/mol. The number of aliphatic hydroxyl groups excluding tert-OH is 2. The fraction of sp³-hybridized carbons (Fsp3) is 0.919. The number of allylic oxidation sites excluding steroid dienone is 3. The van der Waals surface area contributed by atoms with Crippen LogP contribution >= 0.6 is 0 Å². The number of carbonyl (C=O) groups excluding carboxylic acids is 2. The number of hydrogen-bond donors (Lipinski definition) is 3. The Labute approximate surface area is 501 Å². The fourth-order valence-electron chi connectivity index (χ4n) is 11.6. The number of aliphatic hydroxyl groups is 2. The van der Waals surface area contributed by atoms with Gasteiger partial charge in [0.1, 0.15) is 0 Å². The third-order valence-electron chi connectivity index (χ3n) is 17.2. The van der Waals surface area contributed by atoms with E-state index in [-0.39, 0.29) is 18.5 Å². The number of unbranched alkanes of at least 4 members (excludes halogenated alkanes) is 56. The molecule has 0 aromatic carbocycles. The number of ether oxygens (including phenoxy) is 1. The summed E-state index contributed by atoms with van der Waals surface area (Å²) in [5.74, 6) is -0.0391. The van der Waals surface area contributed by atoms with Gasteiger partial charge in [0.05, 0.1) is 25.4 Å². The molecule has 0 aliphatic heterocycles. The Hall–Kier alpha value is -1.66. The van der Waals surface area contributed by atoms with Gasteiger partial charge in [-0.05, 0) is 57.8 Å². The van der Waals surface area contributed by atoms with Crippen molar-refractivity contribution in [1.82, 2.24) is 5.32 Å². The van der Waals surface area contributed by atoms with Gasteiger partial charge in [-0.25, -0.2) is 0 Å². The molecule has 6 heteroatoms. The Kier molecular flexibility index (Phi) is 68.4. The van der Waals surface area contributed by atoms with Crippen molar-refractivity contribution < 1.29 is 24.5 Å². The molecule has 3 N–H and O–H groups in total. The molecule has 80 heavy (non-hydrogen) atoms. The molecular weight excluding hydrogens is 983 g/mol. The molecule has 2 unspecified atom stereocenters. The zero-order valence-corrected chi connectivity index (χ0v) is 54.3. The molecule has 0 rings (SSSR count). The van der Waals surface area contributed by atoms with Gasteiger partial charge in [0.15, 0.2) is 0 Å². The van der Waals surface area contributed by atoms with Crippen molar-refractivity contribution in [2.75, 3.05) is 13.2 Å². The van der Waals surface area contributed by atoms with Gasteiger partial charge in [-0.15, -0.1) is 0 Å². The predicted octanol–water partition coefficient (Wildman–Crippen LogP) is 23.7. The van der Waals surface area contributed by atoms with Crippen LogP contribution < -0.4 is 5.32 Å². The molecular formula is C74H143NO5. The summed E-state index contributed by atoms with van der Waals surface area (Å²) in [5.41, 5.74) is 0. The van der Waals surface area contributed by atoms with Crippen LogP contribution in [-0.2, 0) is 14.3 Å². The first-order valence-corrected chi connectivity index (χ1v) is 36.6. The Bertz CT molecular complexity index is 1250. The van der Waals surface area contributed by atoms with Gasteiger partial charge < -0.3 is 20.3 Å². The molecule has 0 radical (unpaired) electrons. The van der Waals surface area contributed by atoms with Gasteiger partial charge in [0.2, 0.25) is 5.91 Å². The summed E-state index contributed by atoms with van der Waals surface area (Å²) in [6.07, 6.45) is 88.6. The molecule has 0 aliphatic rings. The first-order valence-electron chi connectivity index (χ1n) is 36.6. The summed E-state index contributed by atoms with van der Waals surface area (Å²) in [7, 11) is 0. The van der Waals surface area contributed by atoms with Gasteiger partial charge in [-0.1, -0.05) is 366 Å². The van der Waals surface area contributed by atoms with Gasteiger partial charge in [0, 0.05) is 12.8 Å². The number of rotatable bonds is 69. The normalized spacial score (nSPS) is 12.6. The van der Waals surface area contributed by atoms with E-state index < -0.39 is 12.1 Å². The van der Waals surface area contributed by atoms with Gasteiger partial charge in [-0.3, -0.25) is 9.59 Å². The molecule has 1 amide bonds. The third kappa shape index (κ3) is 65.5. The molecule has 0 aromatic heterocycles. The van der Waals surface area contributed by atoms with Crippen LogP contribution in [0, 0.1) is 0 Å². The Morgan fingerprint density at radius 2 is 0.588 bits per heavy atom. The highest BCUT2D eigenvalue weighted by Crippen LogP contribution is 2.19. The second-order valence-corrected chi connectivity index (χ2v) is 25.3. The lowest BCUT2D eigenvalue weighted by Crippen LogP contribution is -2.45. The van der Waals surface area contributed by atoms with Crippen LogP contribution in [0.5, 0.6) is 0 Å². The highest BCUT2D eigenvalue weighted by molar-refractivity contribution is 5.76. The Morgan fingerprint density at radius 1 is 0.338 bits per heavy atom. The molecule has 0 aliphatic carbocycles. The predicted molar refractivity (Wildman–Crippen MR) is 352 cm³/mol. The first kappa shape index (κ1) is 78.3. The molecule has 474 valence electrons. The summed E-state index contributed by atoms with van der Waals surface area (Å²) in [5, 5.41) is 23.1. The van der Waals surface area contributed by atoms with Crippen LogP contribution in [0.3, 0.4) is 0 Å². The van der Waals surface area contributed by atoms with Crippen LogP contribution in [0.4, 0.5) is 0 Å². The number of hydrogen-bond acceptors (Lipinski definition) is 5. The minimum atomic E-state index is -0.841. The molecule has 0 saturated heterocycles. The second-order valence-electron chi connectivity index (χ2n) is 25.3. The summed E-state index contributed by atoms with van der Waals surface area (Å²) >= 11 is 0. The molecule has 6 nitrogen and oxygen atoms in total. The van der Waals surface area contributed by atoms with E-state index in [9.17, 15) is 19.8 Å². The van der Waals surface area contributed by atoms with Crippen molar-refractivity contribution in [2.24, 2.45) is 0 Å². The maximum atomic E-state index is 12.5. The highest BCUT2D eigenvalue weighted by Gasteiger charge is 2.18. The molecule has 0 aromatic rings. The number of carbonyl (C=O) groups is 2. The molecule has 0 saturated carbocycles. The quantitative estimate of drug-likeness (QED) is 0.0320. The summed E-state index contributed by atoms with van der Waals surface area (Å²) in [6.45, 7) is 4.94. The van der Waals surface area contributed by atoms with Crippen molar-refractivity contribution in [3.8, 4) is 0 Å². The van der Waals surface area contributed by atoms with Crippen molar-refractivity contribution >= 4 is 11.9 Å². The summed E-state index contributed by atoms with van der Waals surface area (Å²) in [6, 6.07) is -0.624. The maximum absolute atomic E-state index is 12.5.